The fourth-order valence-electron chi connectivity index (χ4n) is 3.07. The number of hydrogen-bond acceptors (Lipinski definition) is 3. The van der Waals surface area contributed by atoms with Gasteiger partial charge in [-0.1, -0.05) is 25.5 Å². The summed E-state index contributed by atoms with van der Waals surface area (Å²) in [6.45, 7) is 2.32. The number of carbonyl (C=O) groups excluding carboxylic acids is 1. The van der Waals surface area contributed by atoms with Crippen LogP contribution in [0, 0.1) is 11.8 Å². The van der Waals surface area contributed by atoms with Crippen LogP contribution in [0.2, 0.25) is 0 Å². The number of rotatable bonds is 7. The van der Waals surface area contributed by atoms with Crippen LogP contribution in [0.15, 0.2) is 42.6 Å². The molecule has 2 aromatic rings. The number of amides is 1. The van der Waals surface area contributed by atoms with Gasteiger partial charge in [0.25, 0.3) is 0 Å². The second-order valence-corrected chi connectivity index (χ2v) is 6.70. The maximum atomic E-state index is 12.8. The third-order valence-corrected chi connectivity index (χ3v) is 4.60. The van der Waals surface area contributed by atoms with Crippen LogP contribution in [0.1, 0.15) is 37.3 Å². The van der Waals surface area contributed by atoms with Crippen LogP contribution in [0.3, 0.4) is 0 Å². The molecule has 1 aromatic heterocycles. The summed E-state index contributed by atoms with van der Waals surface area (Å²) in [6.07, 6.45) is 0.0766. The summed E-state index contributed by atoms with van der Waals surface area (Å²) < 4.78 is 44.1. The molecule has 0 unspecified atom stereocenters. The highest BCUT2D eigenvalue weighted by molar-refractivity contribution is 5.81. The van der Waals surface area contributed by atoms with E-state index in [1.54, 1.807) is 12.1 Å². The molecule has 1 aliphatic carbocycles. The van der Waals surface area contributed by atoms with Crippen LogP contribution in [0.5, 0.6) is 11.6 Å². The van der Waals surface area contributed by atoms with E-state index in [4.69, 9.17) is 4.74 Å². The van der Waals surface area contributed by atoms with Gasteiger partial charge in [0.1, 0.15) is 5.75 Å². The molecule has 1 heterocycles. The van der Waals surface area contributed by atoms with Gasteiger partial charge in [0.05, 0.1) is 5.56 Å². The number of ether oxygens (including phenoxy) is 1. The number of aromatic nitrogens is 1. The van der Waals surface area contributed by atoms with Crippen LogP contribution >= 0.6 is 0 Å². The van der Waals surface area contributed by atoms with Gasteiger partial charge < -0.3 is 10.1 Å². The van der Waals surface area contributed by atoms with Crippen LogP contribution in [-0.2, 0) is 17.5 Å². The third kappa shape index (κ3) is 4.99. The molecule has 3 rings (SSSR count). The van der Waals surface area contributed by atoms with Crippen molar-refractivity contribution in [2.45, 2.75) is 38.9 Å². The van der Waals surface area contributed by atoms with E-state index in [9.17, 15) is 18.0 Å². The highest BCUT2D eigenvalue weighted by Gasteiger charge is 2.41. The average molecular weight is 378 g/mol. The number of nitrogens with zero attached hydrogens (tertiary/aromatic N) is 1. The SMILES string of the molecule is CCC[C@@H]1C[C@@H]1C(=O)NCc1cccnc1Oc1cccc(C(F)(F)F)c1. The van der Waals surface area contributed by atoms with Gasteiger partial charge in [-0.15, -0.1) is 0 Å². The Hall–Kier alpha value is -2.57. The summed E-state index contributed by atoms with van der Waals surface area (Å²) in [5.41, 5.74) is -0.183. The molecular weight excluding hydrogens is 357 g/mol. The standard InChI is InChI=1S/C20H21F3N2O2/c1-2-5-13-10-17(13)18(26)25-12-14-6-4-9-24-19(14)27-16-8-3-7-15(11-16)20(21,22)23/h3-4,6-9,11,13,17H,2,5,10,12H2,1H3,(H,25,26)/t13-,17+/m1/s1. The quantitative estimate of drug-likeness (QED) is 0.742. The summed E-state index contributed by atoms with van der Waals surface area (Å²) >= 11 is 0. The van der Waals surface area contributed by atoms with E-state index in [2.05, 4.69) is 17.2 Å². The topological polar surface area (TPSA) is 51.2 Å². The maximum absolute atomic E-state index is 12.8. The molecule has 0 bridgehead atoms. The molecule has 27 heavy (non-hydrogen) atoms. The maximum Gasteiger partial charge on any atom is 0.416 e. The zero-order valence-corrected chi connectivity index (χ0v) is 14.9. The third-order valence-electron chi connectivity index (χ3n) is 4.60. The Bertz CT molecular complexity index is 808. The van der Waals surface area contributed by atoms with Crippen LogP contribution in [-0.4, -0.2) is 10.9 Å². The van der Waals surface area contributed by atoms with Gasteiger partial charge in [-0.05, 0) is 43.0 Å². The molecule has 1 amide bonds. The second-order valence-electron chi connectivity index (χ2n) is 6.70. The minimum Gasteiger partial charge on any atom is -0.439 e. The van der Waals surface area contributed by atoms with Crippen LogP contribution in [0.4, 0.5) is 13.2 Å². The lowest BCUT2D eigenvalue weighted by Crippen LogP contribution is -2.25. The fraction of sp³-hybridized carbons (Fsp3) is 0.400. The molecule has 0 saturated heterocycles. The van der Waals surface area contributed by atoms with E-state index in [0.717, 1.165) is 31.4 Å². The van der Waals surface area contributed by atoms with Gasteiger partial charge in [0.2, 0.25) is 11.8 Å². The molecule has 2 atom stereocenters. The van der Waals surface area contributed by atoms with Gasteiger partial charge >= 0.3 is 6.18 Å². The minimum atomic E-state index is -4.44. The van der Waals surface area contributed by atoms with Gasteiger partial charge in [0.15, 0.2) is 0 Å². The highest BCUT2D eigenvalue weighted by Crippen LogP contribution is 2.42. The zero-order chi connectivity index (χ0) is 19.4. The smallest absolute Gasteiger partial charge is 0.416 e. The normalized spacial score (nSPS) is 18.8. The fourth-order valence-corrected chi connectivity index (χ4v) is 3.07. The Morgan fingerprint density at radius 3 is 2.85 bits per heavy atom. The first-order valence-electron chi connectivity index (χ1n) is 8.95. The van der Waals surface area contributed by atoms with Crippen molar-refractivity contribution in [1.29, 1.82) is 0 Å². The lowest BCUT2D eigenvalue weighted by Gasteiger charge is -2.12. The molecule has 1 fully saturated rings. The number of carbonyl (C=O) groups is 1. The summed E-state index contributed by atoms with van der Waals surface area (Å²) in [5.74, 6) is 0.751. The number of alkyl halides is 3. The number of halogens is 3. The van der Waals surface area contributed by atoms with Gasteiger partial charge in [0, 0.05) is 24.2 Å². The number of hydrogen-bond donors (Lipinski definition) is 1. The van der Waals surface area contributed by atoms with Crippen LogP contribution in [0.25, 0.3) is 0 Å². The molecule has 144 valence electrons. The van der Waals surface area contributed by atoms with E-state index in [1.807, 2.05) is 0 Å². The van der Waals surface area contributed by atoms with Crippen molar-refractivity contribution in [2.24, 2.45) is 11.8 Å². The predicted molar refractivity (Wildman–Crippen MR) is 94.1 cm³/mol. The Balaban J connectivity index is 1.65. The highest BCUT2D eigenvalue weighted by atomic mass is 19.4. The molecule has 0 radical (unpaired) electrons. The summed E-state index contributed by atoms with van der Waals surface area (Å²) in [4.78, 5) is 16.3. The van der Waals surface area contributed by atoms with E-state index in [1.165, 1.54) is 18.3 Å². The Labute approximate surface area is 155 Å². The number of benzene rings is 1. The lowest BCUT2D eigenvalue weighted by atomic mass is 10.2. The molecule has 7 heteroatoms. The van der Waals surface area contributed by atoms with Crippen molar-refractivity contribution in [3.63, 3.8) is 0 Å². The van der Waals surface area contributed by atoms with Gasteiger partial charge in [-0.3, -0.25) is 4.79 Å². The van der Waals surface area contributed by atoms with Crippen molar-refractivity contribution in [3.05, 3.63) is 53.7 Å². The van der Waals surface area contributed by atoms with E-state index < -0.39 is 11.7 Å². The van der Waals surface area contributed by atoms with E-state index in [-0.39, 0.29) is 30.0 Å². The van der Waals surface area contributed by atoms with Crippen molar-refractivity contribution in [3.8, 4) is 11.6 Å². The molecular formula is C20H21F3N2O2. The summed E-state index contributed by atoms with van der Waals surface area (Å²) in [6, 6.07) is 8.05. The molecule has 0 spiro atoms. The number of nitrogens with one attached hydrogen (secondary N) is 1. The van der Waals surface area contributed by atoms with Crippen LogP contribution < -0.4 is 10.1 Å². The molecule has 4 nitrogen and oxygen atoms in total. The van der Waals surface area contributed by atoms with Crippen molar-refractivity contribution in [1.82, 2.24) is 10.3 Å². The van der Waals surface area contributed by atoms with Gasteiger partial charge in [-0.25, -0.2) is 4.98 Å². The van der Waals surface area contributed by atoms with Crippen molar-refractivity contribution in [2.75, 3.05) is 0 Å². The van der Waals surface area contributed by atoms with E-state index >= 15 is 0 Å². The first-order chi connectivity index (χ1) is 12.9. The second kappa shape index (κ2) is 7.98. The Kier molecular flexibility index (Phi) is 5.68. The molecule has 0 aliphatic heterocycles. The monoisotopic (exact) mass is 378 g/mol. The van der Waals surface area contributed by atoms with Gasteiger partial charge in [-0.2, -0.15) is 13.2 Å². The first kappa shape index (κ1) is 19.2. The summed E-state index contributed by atoms with van der Waals surface area (Å²) in [7, 11) is 0. The average Bonchev–Trinajstić information content (AvgIpc) is 3.40. The van der Waals surface area contributed by atoms with E-state index in [0.29, 0.717) is 11.5 Å². The lowest BCUT2D eigenvalue weighted by molar-refractivity contribution is -0.137. The first-order valence-corrected chi connectivity index (χ1v) is 8.95. The predicted octanol–water partition coefficient (Wildman–Crippen LogP) is 4.95. The molecule has 1 aromatic carbocycles. The van der Waals surface area contributed by atoms with Crippen molar-refractivity contribution >= 4 is 5.91 Å². The Morgan fingerprint density at radius 1 is 1.30 bits per heavy atom. The van der Waals surface area contributed by atoms with Crippen molar-refractivity contribution < 1.29 is 22.7 Å². The minimum absolute atomic E-state index is 0.00215. The summed E-state index contributed by atoms with van der Waals surface area (Å²) in [5, 5.41) is 2.87. The molecule has 1 aliphatic rings. The largest absolute Gasteiger partial charge is 0.439 e. The molecule has 1 saturated carbocycles. The Morgan fingerprint density at radius 2 is 2.11 bits per heavy atom. The molecule has 1 N–H and O–H groups in total. The number of pyridine rings is 1. The zero-order valence-electron chi connectivity index (χ0n) is 14.9.